The van der Waals surface area contributed by atoms with Crippen molar-refractivity contribution in [1.29, 1.82) is 0 Å². The second-order valence-corrected chi connectivity index (χ2v) is 5.00. The van der Waals surface area contributed by atoms with E-state index in [-0.39, 0.29) is 0 Å². The Morgan fingerprint density at radius 3 is 2.53 bits per heavy atom. The Labute approximate surface area is 122 Å². The normalized spacial score (nSPS) is 10.9. The van der Waals surface area contributed by atoms with Gasteiger partial charge < -0.3 is 4.84 Å². The highest BCUT2D eigenvalue weighted by molar-refractivity contribution is 6.35. The first kappa shape index (κ1) is 13.9. The van der Waals surface area contributed by atoms with E-state index in [1.165, 1.54) is 5.56 Å². The molecule has 2 aromatic rings. The number of nitrogens with zero attached hydrogens (tertiary/aromatic N) is 1. The van der Waals surface area contributed by atoms with Gasteiger partial charge in [0.15, 0.2) is 0 Å². The number of halogens is 2. The highest BCUT2D eigenvalue weighted by atomic mass is 35.5. The van der Waals surface area contributed by atoms with Gasteiger partial charge in [0.1, 0.15) is 6.61 Å². The van der Waals surface area contributed by atoms with Gasteiger partial charge in [-0.1, -0.05) is 64.3 Å². The van der Waals surface area contributed by atoms with Crippen LogP contribution in [-0.4, -0.2) is 6.21 Å². The predicted octanol–water partition coefficient (Wildman–Crippen LogP) is 4.85. The molecule has 0 fully saturated rings. The summed E-state index contributed by atoms with van der Waals surface area (Å²) in [5, 5.41) is 5.10. The smallest absolute Gasteiger partial charge is 0.143 e. The van der Waals surface area contributed by atoms with E-state index in [1.807, 2.05) is 37.3 Å². The van der Waals surface area contributed by atoms with Crippen molar-refractivity contribution in [3.63, 3.8) is 0 Å². The zero-order valence-electron chi connectivity index (χ0n) is 10.4. The van der Waals surface area contributed by atoms with Crippen molar-refractivity contribution in [1.82, 2.24) is 0 Å². The van der Waals surface area contributed by atoms with E-state index in [2.05, 4.69) is 5.16 Å². The summed E-state index contributed by atoms with van der Waals surface area (Å²) in [6, 6.07) is 13.3. The minimum Gasteiger partial charge on any atom is -0.391 e. The number of hydrogen-bond donors (Lipinski definition) is 0. The van der Waals surface area contributed by atoms with Gasteiger partial charge in [-0.25, -0.2) is 0 Å². The van der Waals surface area contributed by atoms with Gasteiger partial charge in [0.2, 0.25) is 0 Å². The fourth-order valence-corrected chi connectivity index (χ4v) is 1.96. The third-order valence-electron chi connectivity index (χ3n) is 2.59. The van der Waals surface area contributed by atoms with Gasteiger partial charge in [0.05, 0.1) is 6.21 Å². The van der Waals surface area contributed by atoms with Crippen molar-refractivity contribution in [3.8, 4) is 0 Å². The maximum Gasteiger partial charge on any atom is 0.143 e. The standard InChI is InChI=1S/C15H13Cl2NO/c1-11-2-4-12(5-3-11)9-18-19-10-13-6-7-14(16)8-15(13)17/h2-9H,10H2,1H3/b18-9+. The third kappa shape index (κ3) is 4.27. The van der Waals surface area contributed by atoms with Crippen LogP contribution in [0.5, 0.6) is 0 Å². The van der Waals surface area contributed by atoms with Gasteiger partial charge in [-0.3, -0.25) is 0 Å². The molecule has 0 radical (unpaired) electrons. The molecule has 0 saturated heterocycles. The van der Waals surface area contributed by atoms with E-state index in [0.717, 1.165) is 11.1 Å². The lowest BCUT2D eigenvalue weighted by Crippen LogP contribution is -1.89. The molecule has 0 spiro atoms. The van der Waals surface area contributed by atoms with Crippen LogP contribution in [0.15, 0.2) is 47.6 Å². The van der Waals surface area contributed by atoms with Crippen molar-refractivity contribution in [2.24, 2.45) is 5.16 Å². The summed E-state index contributed by atoms with van der Waals surface area (Å²) in [5.74, 6) is 0. The largest absolute Gasteiger partial charge is 0.391 e. The SMILES string of the molecule is Cc1ccc(/C=N/OCc2ccc(Cl)cc2Cl)cc1. The average Bonchev–Trinajstić information content (AvgIpc) is 2.39. The summed E-state index contributed by atoms with van der Waals surface area (Å²) in [7, 11) is 0. The molecule has 4 heteroatoms. The summed E-state index contributed by atoms with van der Waals surface area (Å²) < 4.78 is 0. The van der Waals surface area contributed by atoms with Crippen molar-refractivity contribution < 1.29 is 4.84 Å². The Bertz CT molecular complexity index is 579. The third-order valence-corrected chi connectivity index (χ3v) is 3.18. The predicted molar refractivity (Wildman–Crippen MR) is 80.0 cm³/mol. The molecular weight excluding hydrogens is 281 g/mol. The molecule has 0 saturated carbocycles. The molecule has 0 unspecified atom stereocenters. The van der Waals surface area contributed by atoms with Crippen LogP contribution in [-0.2, 0) is 11.4 Å². The lowest BCUT2D eigenvalue weighted by Gasteiger charge is -2.03. The topological polar surface area (TPSA) is 21.6 Å². The quantitative estimate of drug-likeness (QED) is 0.583. The monoisotopic (exact) mass is 293 g/mol. The van der Waals surface area contributed by atoms with Crippen LogP contribution in [0.4, 0.5) is 0 Å². The summed E-state index contributed by atoms with van der Waals surface area (Å²) in [4.78, 5) is 5.22. The van der Waals surface area contributed by atoms with Crippen LogP contribution in [0.3, 0.4) is 0 Å². The second kappa shape index (κ2) is 6.60. The summed E-state index contributed by atoms with van der Waals surface area (Å²) in [6.45, 7) is 2.36. The van der Waals surface area contributed by atoms with Crippen LogP contribution in [0.25, 0.3) is 0 Å². The molecule has 0 aromatic heterocycles. The average molecular weight is 294 g/mol. The fourth-order valence-electron chi connectivity index (χ4n) is 1.50. The van der Waals surface area contributed by atoms with Gasteiger partial charge >= 0.3 is 0 Å². The molecule has 0 aliphatic rings. The Kier molecular flexibility index (Phi) is 4.83. The molecule has 0 aliphatic heterocycles. The van der Waals surface area contributed by atoms with Crippen LogP contribution in [0.2, 0.25) is 10.0 Å². The Morgan fingerprint density at radius 1 is 1.11 bits per heavy atom. The first-order valence-corrected chi connectivity index (χ1v) is 6.56. The highest BCUT2D eigenvalue weighted by Gasteiger charge is 2.01. The van der Waals surface area contributed by atoms with Gasteiger partial charge in [0, 0.05) is 15.6 Å². The first-order chi connectivity index (χ1) is 9.15. The lowest BCUT2D eigenvalue weighted by atomic mass is 10.2. The van der Waals surface area contributed by atoms with E-state index in [4.69, 9.17) is 28.0 Å². The molecule has 2 rings (SSSR count). The summed E-state index contributed by atoms with van der Waals surface area (Å²) >= 11 is 11.8. The van der Waals surface area contributed by atoms with Crippen molar-refractivity contribution in [3.05, 3.63) is 69.2 Å². The Balaban J connectivity index is 1.91. The highest BCUT2D eigenvalue weighted by Crippen LogP contribution is 2.21. The van der Waals surface area contributed by atoms with Gasteiger partial charge in [-0.2, -0.15) is 0 Å². The van der Waals surface area contributed by atoms with Gasteiger partial charge in [0.25, 0.3) is 0 Å². The summed E-state index contributed by atoms with van der Waals surface area (Å²) in [5.41, 5.74) is 3.06. The number of benzene rings is 2. The zero-order valence-corrected chi connectivity index (χ0v) is 11.9. The lowest BCUT2D eigenvalue weighted by molar-refractivity contribution is 0.132. The van der Waals surface area contributed by atoms with Crippen LogP contribution in [0.1, 0.15) is 16.7 Å². The molecule has 98 valence electrons. The van der Waals surface area contributed by atoms with E-state index < -0.39 is 0 Å². The second-order valence-electron chi connectivity index (χ2n) is 4.15. The van der Waals surface area contributed by atoms with Crippen molar-refractivity contribution in [2.45, 2.75) is 13.5 Å². The van der Waals surface area contributed by atoms with E-state index in [9.17, 15) is 0 Å². The maximum absolute atomic E-state index is 6.03. The van der Waals surface area contributed by atoms with Gasteiger partial charge in [-0.15, -0.1) is 0 Å². The van der Waals surface area contributed by atoms with E-state index in [1.54, 1.807) is 18.3 Å². The van der Waals surface area contributed by atoms with E-state index in [0.29, 0.717) is 16.7 Å². The molecule has 0 aliphatic carbocycles. The summed E-state index contributed by atoms with van der Waals surface area (Å²) in [6.07, 6.45) is 1.67. The number of hydrogen-bond acceptors (Lipinski definition) is 2. The number of aryl methyl sites for hydroxylation is 1. The van der Waals surface area contributed by atoms with E-state index >= 15 is 0 Å². The van der Waals surface area contributed by atoms with Crippen LogP contribution < -0.4 is 0 Å². The molecule has 0 amide bonds. The van der Waals surface area contributed by atoms with Crippen molar-refractivity contribution in [2.75, 3.05) is 0 Å². The first-order valence-electron chi connectivity index (χ1n) is 5.81. The molecule has 19 heavy (non-hydrogen) atoms. The molecular formula is C15H13Cl2NO. The van der Waals surface area contributed by atoms with Crippen LogP contribution in [0, 0.1) is 6.92 Å². The Hall–Kier alpha value is -1.51. The number of rotatable bonds is 4. The molecule has 2 nitrogen and oxygen atoms in total. The molecule has 0 bridgehead atoms. The van der Waals surface area contributed by atoms with Crippen LogP contribution >= 0.6 is 23.2 Å². The molecule has 2 aromatic carbocycles. The molecule has 0 heterocycles. The minimum absolute atomic E-state index is 0.318. The minimum atomic E-state index is 0.318. The fraction of sp³-hybridized carbons (Fsp3) is 0.133. The molecule has 0 N–H and O–H groups in total. The zero-order chi connectivity index (χ0) is 13.7. The number of oxime groups is 1. The van der Waals surface area contributed by atoms with Gasteiger partial charge in [-0.05, 0) is 24.6 Å². The molecule has 0 atom stereocenters. The Morgan fingerprint density at radius 2 is 1.84 bits per heavy atom. The maximum atomic E-state index is 6.03. The van der Waals surface area contributed by atoms with Crippen molar-refractivity contribution >= 4 is 29.4 Å².